The Bertz CT molecular complexity index is 429. The first-order valence-corrected chi connectivity index (χ1v) is 7.81. The lowest BCUT2D eigenvalue weighted by atomic mass is 10.0. The second-order valence-corrected chi connectivity index (χ2v) is 5.96. The van der Waals surface area contributed by atoms with E-state index < -0.39 is 0 Å². The molecular weight excluding hydrogens is 248 g/mol. The second-order valence-electron chi connectivity index (χ2n) is 5.96. The van der Waals surface area contributed by atoms with E-state index in [2.05, 4.69) is 43.9 Å². The van der Waals surface area contributed by atoms with Gasteiger partial charge in [-0.2, -0.15) is 0 Å². The van der Waals surface area contributed by atoms with Crippen LogP contribution < -0.4 is 10.6 Å². The van der Waals surface area contributed by atoms with E-state index in [0.29, 0.717) is 6.10 Å². The van der Waals surface area contributed by atoms with Gasteiger partial charge in [0.1, 0.15) is 0 Å². The van der Waals surface area contributed by atoms with Gasteiger partial charge < -0.3 is 15.4 Å². The number of benzene rings is 1. The van der Waals surface area contributed by atoms with Crippen molar-refractivity contribution >= 4 is 5.69 Å². The van der Waals surface area contributed by atoms with Gasteiger partial charge in [0, 0.05) is 31.4 Å². The predicted molar refractivity (Wildman–Crippen MR) is 85.4 cm³/mol. The molecule has 0 aromatic heterocycles. The molecule has 20 heavy (non-hydrogen) atoms. The molecule has 1 aliphatic rings. The first-order valence-electron chi connectivity index (χ1n) is 7.81. The maximum atomic E-state index is 5.90. The van der Waals surface area contributed by atoms with Crippen LogP contribution in [0.25, 0.3) is 0 Å². The summed E-state index contributed by atoms with van der Waals surface area (Å²) in [4.78, 5) is 2.45. The van der Waals surface area contributed by atoms with Crippen LogP contribution in [0.5, 0.6) is 0 Å². The Labute approximate surface area is 123 Å². The summed E-state index contributed by atoms with van der Waals surface area (Å²) in [5.74, 6) is 0. The van der Waals surface area contributed by atoms with Crippen molar-refractivity contribution in [1.29, 1.82) is 0 Å². The molecule has 2 unspecified atom stereocenters. The van der Waals surface area contributed by atoms with Crippen molar-refractivity contribution in [3.05, 3.63) is 29.3 Å². The van der Waals surface area contributed by atoms with Crippen LogP contribution in [0.3, 0.4) is 0 Å². The number of ether oxygens (including phenoxy) is 1. The third kappa shape index (κ3) is 3.97. The van der Waals surface area contributed by atoms with E-state index in [1.165, 1.54) is 29.7 Å². The molecule has 1 aromatic carbocycles. The molecule has 3 heteroatoms. The van der Waals surface area contributed by atoms with E-state index in [-0.39, 0.29) is 6.04 Å². The molecule has 0 aliphatic carbocycles. The fourth-order valence-electron chi connectivity index (χ4n) is 3.00. The molecule has 0 spiro atoms. The number of nitrogens with zero attached hydrogens (tertiary/aromatic N) is 1. The largest absolute Gasteiger partial charge is 0.377 e. The number of rotatable bonds is 5. The highest BCUT2D eigenvalue weighted by atomic mass is 16.5. The molecule has 0 amide bonds. The Kier molecular flexibility index (Phi) is 5.44. The quantitative estimate of drug-likeness (QED) is 0.898. The van der Waals surface area contributed by atoms with Gasteiger partial charge in [0.05, 0.1) is 6.10 Å². The lowest BCUT2D eigenvalue weighted by Gasteiger charge is -2.34. The van der Waals surface area contributed by atoms with E-state index >= 15 is 0 Å². The van der Waals surface area contributed by atoms with Crippen molar-refractivity contribution in [2.45, 2.75) is 52.2 Å². The van der Waals surface area contributed by atoms with Gasteiger partial charge in [0.15, 0.2) is 0 Å². The van der Waals surface area contributed by atoms with Gasteiger partial charge in [-0.25, -0.2) is 0 Å². The van der Waals surface area contributed by atoms with Crippen molar-refractivity contribution in [1.82, 2.24) is 0 Å². The molecule has 1 aliphatic heterocycles. The van der Waals surface area contributed by atoms with Crippen molar-refractivity contribution in [3.8, 4) is 0 Å². The van der Waals surface area contributed by atoms with Crippen LogP contribution in [0.1, 0.15) is 37.8 Å². The van der Waals surface area contributed by atoms with Gasteiger partial charge in [-0.1, -0.05) is 6.07 Å². The zero-order chi connectivity index (χ0) is 14.5. The van der Waals surface area contributed by atoms with Crippen LogP contribution in [-0.2, 0) is 11.2 Å². The highest BCUT2D eigenvalue weighted by molar-refractivity contribution is 5.51. The maximum absolute atomic E-state index is 5.90. The van der Waals surface area contributed by atoms with Gasteiger partial charge in [-0.15, -0.1) is 0 Å². The monoisotopic (exact) mass is 276 g/mol. The summed E-state index contributed by atoms with van der Waals surface area (Å²) in [6.07, 6.45) is 3.74. The van der Waals surface area contributed by atoms with Crippen LogP contribution in [0, 0.1) is 6.92 Å². The van der Waals surface area contributed by atoms with Crippen molar-refractivity contribution < 1.29 is 4.74 Å². The molecule has 3 nitrogen and oxygen atoms in total. The smallest absolute Gasteiger partial charge is 0.0750 e. The summed E-state index contributed by atoms with van der Waals surface area (Å²) < 4.78 is 5.78. The topological polar surface area (TPSA) is 38.5 Å². The third-order valence-corrected chi connectivity index (χ3v) is 4.01. The number of hydrogen-bond donors (Lipinski definition) is 1. The Morgan fingerprint density at radius 3 is 2.90 bits per heavy atom. The zero-order valence-electron chi connectivity index (χ0n) is 13.1. The summed E-state index contributed by atoms with van der Waals surface area (Å²) in [7, 11) is 0. The van der Waals surface area contributed by atoms with E-state index in [4.69, 9.17) is 10.5 Å². The summed E-state index contributed by atoms with van der Waals surface area (Å²) in [5.41, 5.74) is 9.93. The molecular formula is C17H28N2O. The van der Waals surface area contributed by atoms with E-state index in [9.17, 15) is 0 Å². The first-order chi connectivity index (χ1) is 9.60. The molecule has 2 rings (SSSR count). The average Bonchev–Trinajstić information content (AvgIpc) is 2.41. The minimum Gasteiger partial charge on any atom is -0.377 e. The number of hydrogen-bond acceptors (Lipinski definition) is 3. The summed E-state index contributed by atoms with van der Waals surface area (Å²) in [5, 5.41) is 0. The molecule has 1 heterocycles. The summed E-state index contributed by atoms with van der Waals surface area (Å²) in [6.45, 7) is 9.28. The summed E-state index contributed by atoms with van der Waals surface area (Å²) >= 11 is 0. The predicted octanol–water partition coefficient (Wildman–Crippen LogP) is 2.89. The minimum atomic E-state index is 0.219. The van der Waals surface area contributed by atoms with Gasteiger partial charge >= 0.3 is 0 Å². The van der Waals surface area contributed by atoms with E-state index in [1.54, 1.807) is 0 Å². The van der Waals surface area contributed by atoms with Gasteiger partial charge in [-0.05, 0) is 63.3 Å². The second kappa shape index (κ2) is 7.09. The molecule has 112 valence electrons. The normalized spacial score (nSPS) is 21.0. The van der Waals surface area contributed by atoms with Gasteiger partial charge in [-0.3, -0.25) is 0 Å². The van der Waals surface area contributed by atoms with Gasteiger partial charge in [0.25, 0.3) is 0 Å². The fourth-order valence-corrected chi connectivity index (χ4v) is 3.00. The minimum absolute atomic E-state index is 0.219. The number of anilines is 1. The van der Waals surface area contributed by atoms with Crippen molar-refractivity contribution in [2.24, 2.45) is 5.73 Å². The first kappa shape index (κ1) is 15.3. The molecule has 1 fully saturated rings. The van der Waals surface area contributed by atoms with Crippen LogP contribution in [0.4, 0.5) is 5.69 Å². The van der Waals surface area contributed by atoms with Crippen LogP contribution in [0.15, 0.2) is 18.2 Å². The summed E-state index contributed by atoms with van der Waals surface area (Å²) in [6, 6.07) is 6.99. The molecule has 0 radical (unpaired) electrons. The van der Waals surface area contributed by atoms with Crippen LogP contribution in [0.2, 0.25) is 0 Å². The highest BCUT2D eigenvalue weighted by Gasteiger charge is 2.20. The Morgan fingerprint density at radius 1 is 1.45 bits per heavy atom. The van der Waals surface area contributed by atoms with Crippen molar-refractivity contribution in [3.63, 3.8) is 0 Å². The third-order valence-electron chi connectivity index (χ3n) is 4.01. The van der Waals surface area contributed by atoms with E-state index in [1.807, 2.05) is 0 Å². The SMILES string of the molecule is CCOC1CCCN(c2ccc(CC(C)N)c(C)c2)C1. The average molecular weight is 276 g/mol. The lowest BCUT2D eigenvalue weighted by Crippen LogP contribution is -2.39. The zero-order valence-corrected chi connectivity index (χ0v) is 13.1. The lowest BCUT2D eigenvalue weighted by molar-refractivity contribution is 0.0527. The fraction of sp³-hybridized carbons (Fsp3) is 0.647. The molecule has 1 aromatic rings. The van der Waals surface area contributed by atoms with Gasteiger partial charge in [0.2, 0.25) is 0 Å². The molecule has 1 saturated heterocycles. The number of aryl methyl sites for hydroxylation is 1. The Balaban J connectivity index is 2.06. The Morgan fingerprint density at radius 2 is 2.25 bits per heavy atom. The molecule has 0 bridgehead atoms. The molecule has 2 N–H and O–H groups in total. The molecule has 2 atom stereocenters. The molecule has 0 saturated carbocycles. The highest BCUT2D eigenvalue weighted by Crippen LogP contribution is 2.24. The number of nitrogens with two attached hydrogens (primary N) is 1. The Hall–Kier alpha value is -1.06. The maximum Gasteiger partial charge on any atom is 0.0750 e. The van der Waals surface area contributed by atoms with Crippen molar-refractivity contribution in [2.75, 3.05) is 24.6 Å². The number of piperidine rings is 1. The van der Waals surface area contributed by atoms with Crippen LogP contribution in [-0.4, -0.2) is 31.8 Å². The van der Waals surface area contributed by atoms with Crippen LogP contribution >= 0.6 is 0 Å². The van der Waals surface area contributed by atoms with E-state index in [0.717, 1.165) is 26.1 Å². The standard InChI is InChI=1S/C17H28N2O/c1-4-20-17-6-5-9-19(12-17)16-8-7-15(11-14(3)18)13(2)10-16/h7-8,10,14,17H,4-6,9,11-12,18H2,1-3H3.